The van der Waals surface area contributed by atoms with Crippen LogP contribution >= 0.6 is 0 Å². The normalized spacial score (nSPS) is 10.8. The molecule has 5 heteroatoms. The summed E-state index contributed by atoms with van der Waals surface area (Å²) in [6.45, 7) is 0. The maximum absolute atomic E-state index is 9.58. The Morgan fingerprint density at radius 2 is 1.73 bits per heavy atom. The fraction of sp³-hybridized carbons (Fsp3) is 0.0952. The standard InChI is InChI=1S/C21H17N3O2/c25-18-8-4-7-16(13-18)19-11-10-17(14-22-19)21-23-20(24-26-21)12-9-15-5-2-1-3-6-15/h1-8,10-11,13-14,25H,9,12H2. The molecule has 0 atom stereocenters. The number of phenolic OH excluding ortho intramolecular Hbond substituents is 1. The van der Waals surface area contributed by atoms with Crippen LogP contribution in [0, 0.1) is 0 Å². The van der Waals surface area contributed by atoms with E-state index in [0.717, 1.165) is 29.7 Å². The number of rotatable bonds is 5. The molecule has 0 aliphatic carbocycles. The fourth-order valence-corrected chi connectivity index (χ4v) is 2.73. The second-order valence-electron chi connectivity index (χ2n) is 5.98. The highest BCUT2D eigenvalue weighted by atomic mass is 16.5. The summed E-state index contributed by atoms with van der Waals surface area (Å²) in [5.74, 6) is 1.36. The lowest BCUT2D eigenvalue weighted by Crippen LogP contribution is -1.93. The first-order chi connectivity index (χ1) is 12.8. The van der Waals surface area contributed by atoms with Crippen LogP contribution in [-0.2, 0) is 12.8 Å². The molecule has 0 aliphatic rings. The minimum Gasteiger partial charge on any atom is -0.508 e. The predicted octanol–water partition coefficient (Wildman–Crippen LogP) is 4.29. The van der Waals surface area contributed by atoms with E-state index in [-0.39, 0.29) is 5.75 Å². The lowest BCUT2D eigenvalue weighted by atomic mass is 10.1. The molecule has 5 nitrogen and oxygen atoms in total. The maximum atomic E-state index is 9.58. The molecular formula is C21H17N3O2. The van der Waals surface area contributed by atoms with Gasteiger partial charge in [-0.05, 0) is 36.2 Å². The second kappa shape index (κ2) is 7.19. The van der Waals surface area contributed by atoms with Gasteiger partial charge >= 0.3 is 0 Å². The summed E-state index contributed by atoms with van der Waals surface area (Å²) >= 11 is 0. The molecule has 0 fully saturated rings. The summed E-state index contributed by atoms with van der Waals surface area (Å²) in [6.07, 6.45) is 3.30. The molecule has 128 valence electrons. The quantitative estimate of drug-likeness (QED) is 0.585. The van der Waals surface area contributed by atoms with E-state index < -0.39 is 0 Å². The number of phenols is 1. The summed E-state index contributed by atoms with van der Waals surface area (Å²) in [5.41, 5.74) is 3.64. The average molecular weight is 343 g/mol. The molecule has 0 bridgehead atoms. The van der Waals surface area contributed by atoms with Gasteiger partial charge in [0, 0.05) is 18.2 Å². The lowest BCUT2D eigenvalue weighted by Gasteiger charge is -2.02. The Balaban J connectivity index is 1.47. The fourth-order valence-electron chi connectivity index (χ4n) is 2.73. The van der Waals surface area contributed by atoms with Crippen LogP contribution in [0.4, 0.5) is 0 Å². The first-order valence-electron chi connectivity index (χ1n) is 8.40. The van der Waals surface area contributed by atoms with E-state index in [1.54, 1.807) is 24.4 Å². The third-order valence-electron chi connectivity index (χ3n) is 4.10. The summed E-state index contributed by atoms with van der Waals surface area (Å²) in [6, 6.07) is 21.0. The van der Waals surface area contributed by atoms with Crippen molar-refractivity contribution < 1.29 is 9.63 Å². The molecule has 0 spiro atoms. The zero-order chi connectivity index (χ0) is 17.8. The molecule has 0 amide bonds. The molecule has 2 heterocycles. The van der Waals surface area contributed by atoms with Gasteiger partial charge in [0.2, 0.25) is 0 Å². The Morgan fingerprint density at radius 3 is 2.50 bits per heavy atom. The summed E-state index contributed by atoms with van der Waals surface area (Å²) in [7, 11) is 0. The van der Waals surface area contributed by atoms with E-state index in [1.807, 2.05) is 36.4 Å². The molecule has 0 saturated carbocycles. The maximum Gasteiger partial charge on any atom is 0.259 e. The minimum atomic E-state index is 0.216. The first-order valence-corrected chi connectivity index (χ1v) is 8.40. The highest BCUT2D eigenvalue weighted by Gasteiger charge is 2.10. The topological polar surface area (TPSA) is 72.0 Å². The van der Waals surface area contributed by atoms with Crippen LogP contribution in [0.3, 0.4) is 0 Å². The first kappa shape index (κ1) is 16.0. The number of nitrogens with zero attached hydrogens (tertiary/aromatic N) is 3. The molecule has 1 N–H and O–H groups in total. The van der Waals surface area contributed by atoms with Gasteiger partial charge in [-0.15, -0.1) is 0 Å². The zero-order valence-electron chi connectivity index (χ0n) is 14.0. The molecule has 0 saturated heterocycles. The molecule has 0 aliphatic heterocycles. The summed E-state index contributed by atoms with van der Waals surface area (Å²) in [5, 5.41) is 13.6. The van der Waals surface area contributed by atoms with Crippen LogP contribution < -0.4 is 0 Å². The van der Waals surface area contributed by atoms with Crippen molar-refractivity contribution in [1.29, 1.82) is 0 Å². The molecule has 26 heavy (non-hydrogen) atoms. The molecule has 4 aromatic rings. The zero-order valence-corrected chi connectivity index (χ0v) is 14.0. The summed E-state index contributed by atoms with van der Waals surface area (Å²) < 4.78 is 5.36. The van der Waals surface area contributed by atoms with Crippen LogP contribution in [0.25, 0.3) is 22.7 Å². The van der Waals surface area contributed by atoms with Gasteiger partial charge in [-0.1, -0.05) is 47.6 Å². The number of pyridine rings is 1. The molecule has 2 aromatic heterocycles. The van der Waals surface area contributed by atoms with Gasteiger partial charge in [0.05, 0.1) is 11.3 Å². The van der Waals surface area contributed by atoms with E-state index >= 15 is 0 Å². The summed E-state index contributed by atoms with van der Waals surface area (Å²) in [4.78, 5) is 8.88. The second-order valence-corrected chi connectivity index (χ2v) is 5.98. The largest absolute Gasteiger partial charge is 0.508 e. The third-order valence-corrected chi connectivity index (χ3v) is 4.10. The van der Waals surface area contributed by atoms with E-state index in [2.05, 4.69) is 27.3 Å². The molecular weight excluding hydrogens is 326 g/mol. The molecule has 0 unspecified atom stereocenters. The van der Waals surface area contributed by atoms with Crippen LogP contribution in [0.5, 0.6) is 5.75 Å². The van der Waals surface area contributed by atoms with Crippen LogP contribution in [0.15, 0.2) is 77.4 Å². The van der Waals surface area contributed by atoms with Gasteiger partial charge in [-0.25, -0.2) is 0 Å². The van der Waals surface area contributed by atoms with Gasteiger partial charge in [0.1, 0.15) is 5.75 Å². The lowest BCUT2D eigenvalue weighted by molar-refractivity contribution is 0.422. The van der Waals surface area contributed by atoms with Gasteiger partial charge in [0.25, 0.3) is 5.89 Å². The molecule has 2 aromatic carbocycles. The van der Waals surface area contributed by atoms with Crippen LogP contribution in [0.2, 0.25) is 0 Å². The third kappa shape index (κ3) is 3.62. The van der Waals surface area contributed by atoms with Gasteiger partial charge in [-0.3, -0.25) is 4.98 Å². The monoisotopic (exact) mass is 343 g/mol. The Kier molecular flexibility index (Phi) is 4.43. The van der Waals surface area contributed by atoms with Gasteiger partial charge in [-0.2, -0.15) is 4.98 Å². The van der Waals surface area contributed by atoms with E-state index in [0.29, 0.717) is 11.7 Å². The van der Waals surface area contributed by atoms with Crippen molar-refractivity contribution in [2.24, 2.45) is 0 Å². The minimum absolute atomic E-state index is 0.216. The Labute approximate surface area is 151 Å². The smallest absolute Gasteiger partial charge is 0.259 e. The van der Waals surface area contributed by atoms with Gasteiger partial charge < -0.3 is 9.63 Å². The highest BCUT2D eigenvalue weighted by molar-refractivity contribution is 5.63. The number of hydrogen-bond acceptors (Lipinski definition) is 5. The SMILES string of the molecule is Oc1cccc(-c2ccc(-c3nc(CCc4ccccc4)no3)cn2)c1. The van der Waals surface area contributed by atoms with Crippen molar-refractivity contribution in [1.82, 2.24) is 15.1 Å². The van der Waals surface area contributed by atoms with Crippen molar-refractivity contribution in [3.63, 3.8) is 0 Å². The number of aromatic hydroxyl groups is 1. The van der Waals surface area contributed by atoms with Crippen molar-refractivity contribution in [2.45, 2.75) is 12.8 Å². The van der Waals surface area contributed by atoms with Crippen molar-refractivity contribution in [3.05, 3.63) is 84.3 Å². The molecule has 4 rings (SSSR count). The van der Waals surface area contributed by atoms with E-state index in [4.69, 9.17) is 4.52 Å². The molecule has 0 radical (unpaired) electrons. The Bertz CT molecular complexity index is 995. The van der Waals surface area contributed by atoms with Gasteiger partial charge in [0.15, 0.2) is 5.82 Å². The van der Waals surface area contributed by atoms with Crippen molar-refractivity contribution >= 4 is 0 Å². The number of hydrogen-bond donors (Lipinski definition) is 1. The van der Waals surface area contributed by atoms with E-state index in [9.17, 15) is 5.11 Å². The van der Waals surface area contributed by atoms with E-state index in [1.165, 1.54) is 5.56 Å². The predicted molar refractivity (Wildman–Crippen MR) is 98.5 cm³/mol. The average Bonchev–Trinajstić information content (AvgIpc) is 3.16. The van der Waals surface area contributed by atoms with Crippen LogP contribution in [0.1, 0.15) is 11.4 Å². The Morgan fingerprint density at radius 1 is 0.846 bits per heavy atom. The number of aryl methyl sites for hydroxylation is 2. The van der Waals surface area contributed by atoms with Crippen molar-refractivity contribution in [3.8, 4) is 28.5 Å². The Hall–Kier alpha value is -3.47. The highest BCUT2D eigenvalue weighted by Crippen LogP contribution is 2.24. The van der Waals surface area contributed by atoms with Crippen LogP contribution in [-0.4, -0.2) is 20.2 Å². The number of benzene rings is 2. The number of aromatic nitrogens is 3. The van der Waals surface area contributed by atoms with Crippen molar-refractivity contribution in [2.75, 3.05) is 0 Å².